The minimum absolute atomic E-state index is 0.0499. The van der Waals surface area contributed by atoms with Gasteiger partial charge in [0.2, 0.25) is 5.69 Å². The molecule has 0 fully saturated rings. The van der Waals surface area contributed by atoms with Crippen molar-refractivity contribution >= 4 is 39.8 Å². The van der Waals surface area contributed by atoms with E-state index in [4.69, 9.17) is 0 Å². The second kappa shape index (κ2) is 7.23. The summed E-state index contributed by atoms with van der Waals surface area (Å²) in [6.07, 6.45) is 0. The van der Waals surface area contributed by atoms with Crippen LogP contribution in [0.2, 0.25) is 0 Å². The van der Waals surface area contributed by atoms with Gasteiger partial charge in [-0.2, -0.15) is 0 Å². The maximum absolute atomic E-state index is 11.4. The van der Waals surface area contributed by atoms with Crippen molar-refractivity contribution in [1.29, 1.82) is 0 Å². The molecule has 0 bridgehead atoms. The lowest BCUT2D eigenvalue weighted by Gasteiger charge is -2.08. The molecule has 2 aromatic carbocycles. The van der Waals surface area contributed by atoms with Gasteiger partial charge in [0.15, 0.2) is 0 Å². The average molecular weight is 394 g/mol. The van der Waals surface area contributed by atoms with E-state index in [0.29, 0.717) is 0 Å². The minimum Gasteiger partial charge on any atom is -0.344 e. The Balaban J connectivity index is 3.13. The van der Waals surface area contributed by atoms with Gasteiger partial charge >= 0.3 is 28.4 Å². The van der Waals surface area contributed by atoms with Crippen LogP contribution in [0.15, 0.2) is 30.3 Å². The summed E-state index contributed by atoms with van der Waals surface area (Å²) in [6, 6.07) is 6.82. The zero-order valence-corrected chi connectivity index (χ0v) is 13.2. The van der Waals surface area contributed by atoms with Gasteiger partial charge < -0.3 is 5.32 Å². The summed E-state index contributed by atoms with van der Waals surface area (Å²) in [4.78, 5) is 48.9. The molecule has 0 saturated carbocycles. The zero-order valence-electron chi connectivity index (χ0n) is 13.2. The van der Waals surface area contributed by atoms with E-state index in [1.807, 2.05) is 0 Å². The van der Waals surface area contributed by atoms with Crippen LogP contribution in [0, 0.1) is 50.6 Å². The van der Waals surface area contributed by atoms with Crippen molar-refractivity contribution in [1.82, 2.24) is 0 Å². The number of nitrogens with one attached hydrogen (secondary N) is 1. The smallest absolute Gasteiger partial charge is 0.344 e. The van der Waals surface area contributed by atoms with Crippen molar-refractivity contribution in [3.63, 3.8) is 0 Å². The standard InChI is InChI=1S/C12H6N6O10/c19-14(20)8-7(13-6-4-2-1-3-5-6)9(15(21)22)11(17(25)26)12(18(27)28)10(8)16(23)24/h1-5,13H. The Morgan fingerprint density at radius 3 is 1.18 bits per heavy atom. The highest BCUT2D eigenvalue weighted by atomic mass is 16.7. The first kappa shape index (κ1) is 19.6. The van der Waals surface area contributed by atoms with Gasteiger partial charge in [-0.15, -0.1) is 0 Å². The van der Waals surface area contributed by atoms with Crippen LogP contribution < -0.4 is 5.32 Å². The second-order valence-corrected chi connectivity index (χ2v) is 4.89. The molecule has 1 N–H and O–H groups in total. The highest BCUT2D eigenvalue weighted by Crippen LogP contribution is 2.55. The van der Waals surface area contributed by atoms with Gasteiger partial charge in [-0.3, -0.25) is 50.6 Å². The summed E-state index contributed by atoms with van der Waals surface area (Å²) >= 11 is 0. The maximum atomic E-state index is 11.4. The van der Waals surface area contributed by atoms with E-state index >= 15 is 0 Å². The van der Waals surface area contributed by atoms with Crippen LogP contribution in [0.1, 0.15) is 0 Å². The SMILES string of the molecule is O=[N+]([O-])c1c(Nc2ccccc2)c([N+](=O)[O-])c([N+](=O)[O-])c([N+](=O)[O-])c1[N+](=O)[O-]. The average Bonchev–Trinajstić information content (AvgIpc) is 2.60. The maximum Gasteiger partial charge on any atom is 0.437 e. The predicted octanol–water partition coefficient (Wildman–Crippen LogP) is 2.97. The van der Waals surface area contributed by atoms with Crippen LogP contribution in [-0.2, 0) is 0 Å². The normalized spacial score (nSPS) is 10.1. The topological polar surface area (TPSA) is 228 Å². The van der Waals surface area contributed by atoms with Crippen LogP contribution in [0.25, 0.3) is 0 Å². The van der Waals surface area contributed by atoms with E-state index in [0.717, 1.165) is 0 Å². The molecule has 0 atom stereocenters. The summed E-state index contributed by atoms with van der Waals surface area (Å²) in [6.45, 7) is 0. The predicted molar refractivity (Wildman–Crippen MR) is 89.4 cm³/mol. The number of nitro benzene ring substituents is 5. The third-order valence-electron chi connectivity index (χ3n) is 3.33. The molecular formula is C12H6N6O10. The van der Waals surface area contributed by atoms with E-state index in [-0.39, 0.29) is 5.69 Å². The van der Waals surface area contributed by atoms with E-state index in [2.05, 4.69) is 5.32 Å². The number of hydrogen-bond donors (Lipinski definition) is 1. The van der Waals surface area contributed by atoms with Crippen LogP contribution in [0.3, 0.4) is 0 Å². The highest BCUT2D eigenvalue weighted by Gasteiger charge is 2.54. The molecular weight excluding hydrogens is 388 g/mol. The van der Waals surface area contributed by atoms with Crippen molar-refractivity contribution in [3.05, 3.63) is 80.9 Å². The Morgan fingerprint density at radius 1 is 0.536 bits per heavy atom. The van der Waals surface area contributed by atoms with E-state index in [9.17, 15) is 50.6 Å². The number of rotatable bonds is 7. The van der Waals surface area contributed by atoms with Crippen molar-refractivity contribution in [3.8, 4) is 0 Å². The van der Waals surface area contributed by atoms with E-state index in [1.165, 1.54) is 30.3 Å². The molecule has 16 heteroatoms. The van der Waals surface area contributed by atoms with Crippen molar-refractivity contribution in [2.45, 2.75) is 0 Å². The largest absolute Gasteiger partial charge is 0.437 e. The lowest BCUT2D eigenvalue weighted by molar-refractivity contribution is -0.459. The van der Waals surface area contributed by atoms with Gasteiger partial charge in [0.05, 0.1) is 24.6 Å². The van der Waals surface area contributed by atoms with Gasteiger partial charge in [-0.05, 0) is 12.1 Å². The van der Waals surface area contributed by atoms with Crippen LogP contribution in [-0.4, -0.2) is 24.6 Å². The second-order valence-electron chi connectivity index (χ2n) is 4.89. The van der Waals surface area contributed by atoms with Crippen molar-refractivity contribution in [2.75, 3.05) is 5.32 Å². The molecule has 0 radical (unpaired) electrons. The molecule has 144 valence electrons. The molecule has 2 rings (SSSR count). The minimum atomic E-state index is -1.97. The number of anilines is 2. The molecule has 2 aromatic rings. The number of nitro groups is 5. The summed E-state index contributed by atoms with van der Waals surface area (Å²) in [5.41, 5.74) is -10.3. The van der Waals surface area contributed by atoms with Gasteiger partial charge in [0.1, 0.15) is 0 Å². The molecule has 0 amide bonds. The van der Waals surface area contributed by atoms with Crippen molar-refractivity contribution in [2.24, 2.45) is 0 Å². The number of para-hydroxylation sites is 1. The van der Waals surface area contributed by atoms with Crippen LogP contribution in [0.5, 0.6) is 0 Å². The number of benzene rings is 2. The molecule has 16 nitrogen and oxygen atoms in total. The Kier molecular flexibility index (Phi) is 5.05. The lowest BCUT2D eigenvalue weighted by Crippen LogP contribution is -2.11. The summed E-state index contributed by atoms with van der Waals surface area (Å²) in [5, 5.41) is 58.8. The highest BCUT2D eigenvalue weighted by molar-refractivity contribution is 5.96. The molecule has 0 aliphatic carbocycles. The first-order valence-corrected chi connectivity index (χ1v) is 6.85. The number of hydrogen-bond acceptors (Lipinski definition) is 11. The molecule has 0 aliphatic heterocycles. The molecule has 28 heavy (non-hydrogen) atoms. The third-order valence-corrected chi connectivity index (χ3v) is 3.33. The van der Waals surface area contributed by atoms with E-state index in [1.54, 1.807) is 0 Å². The molecule has 0 spiro atoms. The Morgan fingerprint density at radius 2 is 0.857 bits per heavy atom. The summed E-state index contributed by atoms with van der Waals surface area (Å²) in [7, 11) is 0. The fourth-order valence-electron chi connectivity index (χ4n) is 2.34. The van der Waals surface area contributed by atoms with Gasteiger partial charge in [0, 0.05) is 5.69 Å². The lowest BCUT2D eigenvalue weighted by atomic mass is 10.1. The Labute approximate surface area is 151 Å². The fourth-order valence-corrected chi connectivity index (χ4v) is 2.34. The molecule has 0 unspecified atom stereocenters. The monoisotopic (exact) mass is 394 g/mol. The van der Waals surface area contributed by atoms with E-state index < -0.39 is 58.7 Å². The number of nitrogens with zero attached hydrogens (tertiary/aromatic N) is 5. The summed E-state index contributed by atoms with van der Waals surface area (Å²) in [5.74, 6) is 0. The Bertz CT molecular complexity index is 984. The third kappa shape index (κ3) is 3.31. The van der Waals surface area contributed by atoms with Crippen LogP contribution >= 0.6 is 0 Å². The first-order chi connectivity index (χ1) is 13.1. The van der Waals surface area contributed by atoms with Crippen molar-refractivity contribution < 1.29 is 24.6 Å². The van der Waals surface area contributed by atoms with Gasteiger partial charge in [0.25, 0.3) is 0 Å². The van der Waals surface area contributed by atoms with Gasteiger partial charge in [-0.1, -0.05) is 18.2 Å². The quantitative estimate of drug-likeness (QED) is 0.529. The summed E-state index contributed by atoms with van der Waals surface area (Å²) < 4.78 is 0. The molecule has 0 heterocycles. The van der Waals surface area contributed by atoms with Crippen LogP contribution in [0.4, 0.5) is 39.8 Å². The molecule has 0 aromatic heterocycles. The first-order valence-electron chi connectivity index (χ1n) is 6.85. The zero-order chi connectivity index (χ0) is 21.2. The van der Waals surface area contributed by atoms with Gasteiger partial charge in [-0.25, -0.2) is 0 Å². The Hall–Kier alpha value is -4.76. The molecule has 0 aliphatic rings. The molecule has 0 saturated heterocycles. The fraction of sp³-hybridized carbons (Fsp3) is 0.